The number of nitrogens with one attached hydrogen (secondary N) is 1. The Hall–Kier alpha value is -0.590. The highest BCUT2D eigenvalue weighted by Gasteiger charge is 1.93. The van der Waals surface area contributed by atoms with E-state index in [2.05, 4.69) is 13.0 Å². The van der Waals surface area contributed by atoms with Gasteiger partial charge in [-0.3, -0.25) is 0 Å². The summed E-state index contributed by atoms with van der Waals surface area (Å²) in [5.41, 5.74) is 0. The van der Waals surface area contributed by atoms with Crippen molar-refractivity contribution in [2.45, 2.75) is 96.8 Å². The van der Waals surface area contributed by atoms with Crippen molar-refractivity contribution in [2.24, 2.45) is 0 Å². The van der Waals surface area contributed by atoms with Crippen molar-refractivity contribution in [3.63, 3.8) is 0 Å². The molecule has 0 aromatic rings. The van der Waals surface area contributed by atoms with E-state index < -0.39 is 0 Å². The van der Waals surface area contributed by atoms with Crippen LogP contribution in [0.3, 0.4) is 0 Å². The average Bonchev–Trinajstić information content (AvgIpc) is 2.43. The Morgan fingerprint density at radius 2 is 1.05 bits per heavy atom. The highest BCUT2D eigenvalue weighted by molar-refractivity contribution is 5.67. The summed E-state index contributed by atoms with van der Waals surface area (Å²) in [6.07, 6.45) is 24.9. The number of hydrogen-bond donors (Lipinski definition) is 1. The van der Waals surface area contributed by atoms with E-state index >= 15 is 0 Å². The first-order chi connectivity index (χ1) is 9.41. The van der Waals surface area contributed by atoms with Crippen molar-refractivity contribution < 1.29 is 0 Å². The van der Waals surface area contributed by atoms with Gasteiger partial charge in [0.15, 0.2) is 0 Å². The number of unbranched alkanes of at least 4 members (excludes halogenated alkanes) is 13. The molecule has 0 amide bonds. The quantitative estimate of drug-likeness (QED) is 0.252. The largest absolute Gasteiger partial charge is 0.309 e. The third kappa shape index (κ3) is 17.4. The fourth-order valence-corrected chi connectivity index (χ4v) is 2.44. The molecule has 0 radical (unpaired) electrons. The molecule has 0 aromatic carbocycles. The lowest BCUT2D eigenvalue weighted by molar-refractivity contribution is 0.540. The van der Waals surface area contributed by atoms with Crippen molar-refractivity contribution in [1.29, 1.82) is 5.41 Å². The maximum atomic E-state index is 6.86. The molecule has 0 aliphatic carbocycles. The van der Waals surface area contributed by atoms with Gasteiger partial charge < -0.3 is 5.41 Å². The summed E-state index contributed by atoms with van der Waals surface area (Å²) in [5.74, 6) is 0. The molecule has 0 unspecified atom stereocenters. The van der Waals surface area contributed by atoms with E-state index in [1.165, 1.54) is 89.7 Å². The Bertz CT molecular complexity index is 196. The van der Waals surface area contributed by atoms with Crippen LogP contribution in [0.4, 0.5) is 0 Å². The number of hydrogen-bond acceptors (Lipinski definition) is 1. The molecule has 0 heterocycles. The first-order valence-electron chi connectivity index (χ1n) is 8.57. The zero-order valence-electron chi connectivity index (χ0n) is 13.1. The SMILES string of the molecule is CCCCCCCCCCCCCCCC=CC=N. The molecule has 1 nitrogen and oxygen atoms in total. The smallest absolute Gasteiger partial charge is 0.0174 e. The summed E-state index contributed by atoms with van der Waals surface area (Å²) in [4.78, 5) is 0. The van der Waals surface area contributed by atoms with Crippen molar-refractivity contribution in [1.82, 2.24) is 0 Å². The molecule has 112 valence electrons. The Labute approximate surface area is 121 Å². The van der Waals surface area contributed by atoms with Gasteiger partial charge >= 0.3 is 0 Å². The molecule has 0 saturated heterocycles. The van der Waals surface area contributed by atoms with Crippen LogP contribution in [0.15, 0.2) is 12.2 Å². The van der Waals surface area contributed by atoms with Crippen molar-refractivity contribution in [3.05, 3.63) is 12.2 Å². The van der Waals surface area contributed by atoms with Crippen LogP contribution in [-0.4, -0.2) is 6.21 Å². The highest BCUT2D eigenvalue weighted by atomic mass is 14.3. The summed E-state index contributed by atoms with van der Waals surface area (Å²) in [6, 6.07) is 0. The van der Waals surface area contributed by atoms with Crippen LogP contribution < -0.4 is 0 Å². The van der Waals surface area contributed by atoms with Gasteiger partial charge in [0, 0.05) is 6.21 Å². The van der Waals surface area contributed by atoms with Crippen LogP contribution in [0.1, 0.15) is 96.8 Å². The Morgan fingerprint density at radius 3 is 1.47 bits per heavy atom. The fraction of sp³-hybridized carbons (Fsp3) is 0.833. The van der Waals surface area contributed by atoms with Crippen molar-refractivity contribution in [2.75, 3.05) is 0 Å². The molecule has 19 heavy (non-hydrogen) atoms. The van der Waals surface area contributed by atoms with E-state index in [0.717, 1.165) is 6.42 Å². The van der Waals surface area contributed by atoms with Crippen molar-refractivity contribution in [3.8, 4) is 0 Å². The van der Waals surface area contributed by atoms with Crippen LogP contribution in [0.5, 0.6) is 0 Å². The first kappa shape index (κ1) is 18.4. The van der Waals surface area contributed by atoms with Gasteiger partial charge in [0.05, 0.1) is 0 Å². The predicted molar refractivity (Wildman–Crippen MR) is 88.2 cm³/mol. The number of allylic oxidation sites excluding steroid dienone is 2. The Balaban J connectivity index is 2.95. The van der Waals surface area contributed by atoms with Crippen LogP contribution in [0.25, 0.3) is 0 Å². The van der Waals surface area contributed by atoms with Gasteiger partial charge in [0.25, 0.3) is 0 Å². The Morgan fingerprint density at radius 1 is 0.632 bits per heavy atom. The second kappa shape index (κ2) is 17.4. The topological polar surface area (TPSA) is 23.9 Å². The van der Waals surface area contributed by atoms with Crippen LogP contribution in [-0.2, 0) is 0 Å². The van der Waals surface area contributed by atoms with Crippen LogP contribution in [0.2, 0.25) is 0 Å². The predicted octanol–water partition coefficient (Wildman–Crippen LogP) is 6.67. The summed E-state index contributed by atoms with van der Waals surface area (Å²) >= 11 is 0. The summed E-state index contributed by atoms with van der Waals surface area (Å²) in [6.45, 7) is 2.28. The van der Waals surface area contributed by atoms with Gasteiger partial charge in [-0.25, -0.2) is 0 Å². The monoisotopic (exact) mass is 265 g/mol. The summed E-state index contributed by atoms with van der Waals surface area (Å²) in [5, 5.41) is 6.86. The van der Waals surface area contributed by atoms with Gasteiger partial charge in [0.1, 0.15) is 0 Å². The van der Waals surface area contributed by atoms with E-state index in [4.69, 9.17) is 5.41 Å². The minimum absolute atomic E-state index is 1.15. The zero-order chi connectivity index (χ0) is 14.0. The molecule has 0 saturated carbocycles. The second-order valence-electron chi connectivity index (χ2n) is 5.63. The van der Waals surface area contributed by atoms with Crippen LogP contribution >= 0.6 is 0 Å². The minimum atomic E-state index is 1.15. The first-order valence-corrected chi connectivity index (χ1v) is 8.57. The van der Waals surface area contributed by atoms with Gasteiger partial charge in [-0.1, -0.05) is 90.0 Å². The maximum absolute atomic E-state index is 6.86. The lowest BCUT2D eigenvalue weighted by atomic mass is 10.0. The molecule has 0 spiro atoms. The number of rotatable bonds is 15. The van der Waals surface area contributed by atoms with E-state index in [-0.39, 0.29) is 0 Å². The van der Waals surface area contributed by atoms with E-state index in [9.17, 15) is 0 Å². The van der Waals surface area contributed by atoms with E-state index in [1.807, 2.05) is 6.08 Å². The zero-order valence-corrected chi connectivity index (χ0v) is 13.1. The maximum Gasteiger partial charge on any atom is 0.0174 e. The lowest BCUT2D eigenvalue weighted by Crippen LogP contribution is -1.82. The summed E-state index contributed by atoms with van der Waals surface area (Å²) in [7, 11) is 0. The molecule has 0 rings (SSSR count). The van der Waals surface area contributed by atoms with E-state index in [1.54, 1.807) is 0 Å². The molecular formula is C18H35N. The molecule has 0 atom stereocenters. The third-order valence-electron chi connectivity index (χ3n) is 3.71. The van der Waals surface area contributed by atoms with Gasteiger partial charge in [-0.15, -0.1) is 0 Å². The summed E-state index contributed by atoms with van der Waals surface area (Å²) < 4.78 is 0. The van der Waals surface area contributed by atoms with Gasteiger partial charge in [-0.05, 0) is 18.9 Å². The molecule has 1 N–H and O–H groups in total. The van der Waals surface area contributed by atoms with Crippen LogP contribution in [0, 0.1) is 5.41 Å². The molecular weight excluding hydrogens is 230 g/mol. The minimum Gasteiger partial charge on any atom is -0.309 e. The van der Waals surface area contributed by atoms with Gasteiger partial charge in [0.2, 0.25) is 0 Å². The molecule has 1 heteroatoms. The molecule has 0 aliphatic rings. The molecule has 0 bridgehead atoms. The normalized spacial score (nSPS) is 11.2. The second-order valence-corrected chi connectivity index (χ2v) is 5.63. The lowest BCUT2D eigenvalue weighted by Gasteiger charge is -2.02. The third-order valence-corrected chi connectivity index (χ3v) is 3.71. The molecule has 0 aliphatic heterocycles. The standard InChI is InChI=1S/C18H35N/c1-2-3-4-5-6-7-8-9-10-11-12-13-14-15-16-17-18-19/h16-19H,2-15H2,1H3. The fourth-order valence-electron chi connectivity index (χ4n) is 2.44. The average molecular weight is 265 g/mol. The highest BCUT2D eigenvalue weighted by Crippen LogP contribution is 2.12. The molecule has 0 aromatic heterocycles. The van der Waals surface area contributed by atoms with Gasteiger partial charge in [-0.2, -0.15) is 0 Å². The molecule has 0 fully saturated rings. The van der Waals surface area contributed by atoms with Crippen molar-refractivity contribution >= 4 is 6.21 Å². The van der Waals surface area contributed by atoms with E-state index in [0.29, 0.717) is 0 Å². The Kier molecular flexibility index (Phi) is 16.9.